The van der Waals surface area contributed by atoms with Gasteiger partial charge in [0, 0.05) is 18.2 Å². The van der Waals surface area contributed by atoms with Crippen molar-refractivity contribution in [1.29, 1.82) is 0 Å². The smallest absolute Gasteiger partial charge is 0.224 e. The first-order valence-corrected chi connectivity index (χ1v) is 6.87. The minimum Gasteiger partial charge on any atom is -0.495 e. The monoisotopic (exact) mass is 318 g/mol. The van der Waals surface area contributed by atoms with E-state index in [-0.39, 0.29) is 24.4 Å². The summed E-state index contributed by atoms with van der Waals surface area (Å²) in [5, 5.41) is 3.33. The van der Waals surface area contributed by atoms with Crippen LogP contribution < -0.4 is 15.8 Å². The topological polar surface area (TPSA) is 64.3 Å². The Bertz CT molecular complexity index is 468. The van der Waals surface area contributed by atoms with Gasteiger partial charge in [0.1, 0.15) is 5.75 Å². The van der Waals surface area contributed by atoms with Crippen molar-refractivity contribution < 1.29 is 9.53 Å². The lowest BCUT2D eigenvalue weighted by molar-refractivity contribution is -0.117. The van der Waals surface area contributed by atoms with Gasteiger partial charge in [0.05, 0.1) is 12.1 Å². The molecular formula is C14H20Cl2N2O2. The summed E-state index contributed by atoms with van der Waals surface area (Å²) >= 11 is 6.01. The SMILES string of the molecule is COc1ccc(NC(=O)C[C@@H]2CCC[C@H]2N)cc1Cl.Cl. The lowest BCUT2D eigenvalue weighted by atomic mass is 10.00. The number of halogens is 2. The summed E-state index contributed by atoms with van der Waals surface area (Å²) in [6.45, 7) is 0. The zero-order valence-electron chi connectivity index (χ0n) is 11.4. The number of carbonyl (C=O) groups excluding carboxylic acids is 1. The molecule has 1 aliphatic rings. The van der Waals surface area contributed by atoms with Crippen molar-refractivity contribution in [3.05, 3.63) is 23.2 Å². The normalized spacial score (nSPS) is 21.1. The molecule has 2 rings (SSSR count). The van der Waals surface area contributed by atoms with Crippen LogP contribution in [0, 0.1) is 5.92 Å². The number of ether oxygens (including phenoxy) is 1. The zero-order chi connectivity index (χ0) is 13.8. The Hall–Kier alpha value is -0.970. The zero-order valence-corrected chi connectivity index (χ0v) is 13.0. The molecule has 0 unspecified atom stereocenters. The first kappa shape index (κ1) is 17.1. The maximum Gasteiger partial charge on any atom is 0.224 e. The van der Waals surface area contributed by atoms with Crippen LogP contribution in [-0.2, 0) is 4.79 Å². The molecule has 0 spiro atoms. The average molecular weight is 319 g/mol. The van der Waals surface area contributed by atoms with Crippen molar-refractivity contribution in [1.82, 2.24) is 0 Å². The lowest BCUT2D eigenvalue weighted by Gasteiger charge is -2.15. The predicted octanol–water partition coefficient (Wildman–Crippen LogP) is 3.23. The first-order chi connectivity index (χ1) is 9.10. The van der Waals surface area contributed by atoms with E-state index in [1.807, 2.05) is 0 Å². The second-order valence-corrected chi connectivity index (χ2v) is 5.36. The van der Waals surface area contributed by atoms with Gasteiger partial charge in [0.15, 0.2) is 0 Å². The number of anilines is 1. The summed E-state index contributed by atoms with van der Waals surface area (Å²) in [6, 6.07) is 5.36. The van der Waals surface area contributed by atoms with E-state index in [1.54, 1.807) is 25.3 Å². The molecule has 1 aromatic rings. The van der Waals surface area contributed by atoms with Gasteiger partial charge in [-0.15, -0.1) is 12.4 Å². The third-order valence-corrected chi connectivity index (χ3v) is 3.90. The quantitative estimate of drug-likeness (QED) is 0.895. The highest BCUT2D eigenvalue weighted by Crippen LogP contribution is 2.29. The fraction of sp³-hybridized carbons (Fsp3) is 0.500. The third kappa shape index (κ3) is 4.27. The highest BCUT2D eigenvalue weighted by molar-refractivity contribution is 6.32. The number of hydrogen-bond donors (Lipinski definition) is 2. The van der Waals surface area contributed by atoms with E-state index in [9.17, 15) is 4.79 Å². The van der Waals surface area contributed by atoms with Gasteiger partial charge in [0.25, 0.3) is 0 Å². The molecule has 0 aromatic heterocycles. The second-order valence-electron chi connectivity index (χ2n) is 4.96. The number of amides is 1. The second kappa shape index (κ2) is 7.72. The van der Waals surface area contributed by atoms with Crippen LogP contribution in [0.1, 0.15) is 25.7 Å². The maximum atomic E-state index is 11.9. The van der Waals surface area contributed by atoms with Crippen LogP contribution in [0.3, 0.4) is 0 Å². The van der Waals surface area contributed by atoms with Gasteiger partial charge in [-0.3, -0.25) is 4.79 Å². The number of nitrogens with two attached hydrogens (primary N) is 1. The van der Waals surface area contributed by atoms with E-state index in [2.05, 4.69) is 5.32 Å². The van der Waals surface area contributed by atoms with Crippen LogP contribution in [0.2, 0.25) is 5.02 Å². The Morgan fingerprint density at radius 1 is 1.50 bits per heavy atom. The molecule has 0 bridgehead atoms. The summed E-state index contributed by atoms with van der Waals surface area (Å²) in [6.07, 6.45) is 3.66. The number of benzene rings is 1. The van der Waals surface area contributed by atoms with E-state index in [1.165, 1.54) is 0 Å². The Morgan fingerprint density at radius 3 is 2.80 bits per heavy atom. The van der Waals surface area contributed by atoms with Gasteiger partial charge in [0.2, 0.25) is 5.91 Å². The molecule has 0 heterocycles. The number of methoxy groups -OCH3 is 1. The van der Waals surface area contributed by atoms with Gasteiger partial charge in [-0.1, -0.05) is 18.0 Å². The molecule has 6 heteroatoms. The van der Waals surface area contributed by atoms with Crippen molar-refractivity contribution >= 4 is 35.6 Å². The molecule has 1 fully saturated rings. The van der Waals surface area contributed by atoms with Gasteiger partial charge < -0.3 is 15.8 Å². The van der Waals surface area contributed by atoms with Crippen molar-refractivity contribution in [2.24, 2.45) is 11.7 Å². The van der Waals surface area contributed by atoms with Crippen molar-refractivity contribution in [3.8, 4) is 5.75 Å². The standard InChI is InChI=1S/C14H19ClN2O2.ClH/c1-19-13-6-5-10(8-11(13)15)17-14(18)7-9-3-2-4-12(9)16;/h5-6,8-9,12H,2-4,7,16H2,1H3,(H,17,18);1H/t9-,12+;/m0./s1. The molecular weight excluding hydrogens is 299 g/mol. The van der Waals surface area contributed by atoms with Crippen molar-refractivity contribution in [2.45, 2.75) is 31.7 Å². The van der Waals surface area contributed by atoms with Crippen LogP contribution in [0.4, 0.5) is 5.69 Å². The first-order valence-electron chi connectivity index (χ1n) is 6.49. The molecule has 1 aromatic carbocycles. The van der Waals surface area contributed by atoms with Gasteiger partial charge in [-0.2, -0.15) is 0 Å². The van der Waals surface area contributed by atoms with Gasteiger partial charge in [-0.25, -0.2) is 0 Å². The van der Waals surface area contributed by atoms with E-state index in [0.29, 0.717) is 28.8 Å². The largest absolute Gasteiger partial charge is 0.495 e. The van der Waals surface area contributed by atoms with Crippen LogP contribution in [0.25, 0.3) is 0 Å². The number of nitrogens with one attached hydrogen (secondary N) is 1. The molecule has 0 saturated heterocycles. The number of carbonyl (C=O) groups is 1. The molecule has 112 valence electrons. The van der Waals surface area contributed by atoms with Crippen LogP contribution >= 0.6 is 24.0 Å². The Balaban J connectivity index is 0.00000200. The van der Waals surface area contributed by atoms with E-state index < -0.39 is 0 Å². The molecule has 1 aliphatic carbocycles. The molecule has 3 N–H and O–H groups in total. The summed E-state index contributed by atoms with van der Waals surface area (Å²) in [5.41, 5.74) is 6.65. The highest BCUT2D eigenvalue weighted by Gasteiger charge is 2.26. The fourth-order valence-electron chi connectivity index (χ4n) is 2.51. The summed E-state index contributed by atoms with van der Waals surface area (Å²) in [4.78, 5) is 11.9. The Morgan fingerprint density at radius 2 is 2.25 bits per heavy atom. The predicted molar refractivity (Wildman–Crippen MR) is 83.8 cm³/mol. The van der Waals surface area contributed by atoms with Crippen LogP contribution in [0.5, 0.6) is 5.75 Å². The van der Waals surface area contributed by atoms with Crippen LogP contribution in [0.15, 0.2) is 18.2 Å². The molecule has 0 aliphatic heterocycles. The van der Waals surface area contributed by atoms with Crippen molar-refractivity contribution in [3.63, 3.8) is 0 Å². The molecule has 1 saturated carbocycles. The van der Waals surface area contributed by atoms with E-state index in [0.717, 1.165) is 19.3 Å². The molecule has 0 radical (unpaired) electrons. The number of rotatable bonds is 4. The van der Waals surface area contributed by atoms with Gasteiger partial charge in [-0.05, 0) is 37.0 Å². The lowest BCUT2D eigenvalue weighted by Crippen LogP contribution is -2.28. The van der Waals surface area contributed by atoms with E-state index in [4.69, 9.17) is 22.1 Å². The van der Waals surface area contributed by atoms with E-state index >= 15 is 0 Å². The summed E-state index contributed by atoms with van der Waals surface area (Å²) in [7, 11) is 1.56. The van der Waals surface area contributed by atoms with Crippen LogP contribution in [-0.4, -0.2) is 19.1 Å². The third-order valence-electron chi connectivity index (χ3n) is 3.60. The summed E-state index contributed by atoms with van der Waals surface area (Å²) < 4.78 is 5.07. The number of hydrogen-bond acceptors (Lipinski definition) is 3. The Kier molecular flexibility index (Phi) is 6.59. The highest BCUT2D eigenvalue weighted by atomic mass is 35.5. The Labute approximate surface area is 130 Å². The summed E-state index contributed by atoms with van der Waals surface area (Å²) in [5.74, 6) is 0.884. The van der Waals surface area contributed by atoms with Gasteiger partial charge >= 0.3 is 0 Å². The minimum absolute atomic E-state index is 0. The maximum absolute atomic E-state index is 11.9. The average Bonchev–Trinajstić information content (AvgIpc) is 2.75. The molecule has 1 amide bonds. The molecule has 4 nitrogen and oxygen atoms in total. The van der Waals surface area contributed by atoms with Crippen molar-refractivity contribution in [2.75, 3.05) is 12.4 Å². The molecule has 20 heavy (non-hydrogen) atoms. The molecule has 2 atom stereocenters. The minimum atomic E-state index is -0.0106. The fourth-order valence-corrected chi connectivity index (χ4v) is 2.77.